The van der Waals surface area contributed by atoms with Gasteiger partial charge >= 0.3 is 0 Å². The topological polar surface area (TPSA) is 29.5 Å². The molecule has 1 rings (SSSR count). The molecule has 1 heterocycles. The van der Waals surface area contributed by atoms with E-state index in [1.807, 2.05) is 0 Å². The molecule has 70 valence electrons. The number of hydrogen-bond donors (Lipinski definition) is 0. The van der Waals surface area contributed by atoms with Crippen LogP contribution in [-0.2, 0) is 9.53 Å². The highest BCUT2D eigenvalue weighted by molar-refractivity contribution is 5.56. The summed E-state index contributed by atoms with van der Waals surface area (Å²) in [4.78, 5) is 12.7. The molecule has 0 aromatic heterocycles. The Morgan fingerprint density at radius 3 is 3.00 bits per heavy atom. The number of hydrogen-bond acceptors (Lipinski definition) is 3. The van der Waals surface area contributed by atoms with Crippen LogP contribution in [0.25, 0.3) is 0 Å². The summed E-state index contributed by atoms with van der Waals surface area (Å²) in [7, 11) is 0. The molecule has 0 unspecified atom stereocenters. The first-order valence-electron chi connectivity index (χ1n) is 4.51. The van der Waals surface area contributed by atoms with Gasteiger partial charge < -0.3 is 9.53 Å². The fraction of sp³-hybridized carbons (Fsp3) is 0.889. The number of carbonyl (C=O) groups excluding carboxylic acids is 1. The predicted octanol–water partition coefficient (Wildman–Crippen LogP) is 0.542. The van der Waals surface area contributed by atoms with Crippen LogP contribution in [0.15, 0.2) is 0 Å². The molecule has 0 spiro atoms. The second-order valence-corrected chi connectivity index (χ2v) is 3.70. The molecular formula is C9H17NO2. The summed E-state index contributed by atoms with van der Waals surface area (Å²) in [6.45, 7) is 7.85. The predicted molar refractivity (Wildman–Crippen MR) is 47.1 cm³/mol. The van der Waals surface area contributed by atoms with Crippen LogP contribution in [0.1, 0.15) is 13.8 Å². The largest absolute Gasteiger partial charge is 0.368 e. The van der Waals surface area contributed by atoms with Crippen LogP contribution in [0.2, 0.25) is 0 Å². The van der Waals surface area contributed by atoms with Crippen molar-refractivity contribution in [3.8, 4) is 0 Å². The van der Waals surface area contributed by atoms with Crippen molar-refractivity contribution in [2.24, 2.45) is 5.92 Å². The van der Waals surface area contributed by atoms with E-state index < -0.39 is 0 Å². The number of aldehydes is 1. The molecule has 3 nitrogen and oxygen atoms in total. The monoisotopic (exact) mass is 171 g/mol. The lowest BCUT2D eigenvalue weighted by Crippen LogP contribution is -2.44. The number of rotatable bonds is 3. The zero-order chi connectivity index (χ0) is 8.97. The zero-order valence-electron chi connectivity index (χ0n) is 7.82. The van der Waals surface area contributed by atoms with Gasteiger partial charge in [-0.1, -0.05) is 13.8 Å². The van der Waals surface area contributed by atoms with E-state index in [1.54, 1.807) is 0 Å². The van der Waals surface area contributed by atoms with Gasteiger partial charge in [0, 0.05) is 19.6 Å². The third-order valence-corrected chi connectivity index (χ3v) is 1.95. The maximum atomic E-state index is 10.4. The van der Waals surface area contributed by atoms with Gasteiger partial charge in [-0.05, 0) is 5.92 Å². The van der Waals surface area contributed by atoms with Crippen LogP contribution in [0, 0.1) is 5.92 Å². The van der Waals surface area contributed by atoms with Gasteiger partial charge in [-0.15, -0.1) is 0 Å². The van der Waals surface area contributed by atoms with Crippen molar-refractivity contribution >= 4 is 6.29 Å². The van der Waals surface area contributed by atoms with Crippen molar-refractivity contribution in [3.05, 3.63) is 0 Å². The van der Waals surface area contributed by atoms with Crippen molar-refractivity contribution < 1.29 is 9.53 Å². The molecule has 0 bridgehead atoms. The van der Waals surface area contributed by atoms with Gasteiger partial charge in [-0.2, -0.15) is 0 Å². The van der Waals surface area contributed by atoms with Crippen molar-refractivity contribution in [1.29, 1.82) is 0 Å². The fourth-order valence-corrected chi connectivity index (χ4v) is 1.50. The van der Waals surface area contributed by atoms with E-state index in [-0.39, 0.29) is 6.10 Å². The second kappa shape index (κ2) is 4.58. The maximum absolute atomic E-state index is 10.4. The van der Waals surface area contributed by atoms with E-state index in [9.17, 15) is 4.79 Å². The van der Waals surface area contributed by atoms with Gasteiger partial charge in [0.25, 0.3) is 0 Å². The zero-order valence-corrected chi connectivity index (χ0v) is 7.82. The van der Waals surface area contributed by atoms with Gasteiger partial charge in [-0.25, -0.2) is 0 Å². The Labute approximate surface area is 73.7 Å². The van der Waals surface area contributed by atoms with Crippen LogP contribution in [-0.4, -0.2) is 43.5 Å². The molecule has 3 heteroatoms. The first kappa shape index (κ1) is 9.68. The molecule has 0 aromatic rings. The number of morpholine rings is 1. The van der Waals surface area contributed by atoms with Crippen LogP contribution >= 0.6 is 0 Å². The summed E-state index contributed by atoms with van der Waals surface area (Å²) in [6, 6.07) is 0. The molecule has 1 atom stereocenters. The summed E-state index contributed by atoms with van der Waals surface area (Å²) in [5.74, 6) is 0.662. The first-order chi connectivity index (χ1) is 5.72. The Bertz CT molecular complexity index is 147. The highest BCUT2D eigenvalue weighted by atomic mass is 16.5. The summed E-state index contributed by atoms with van der Waals surface area (Å²) in [5.41, 5.74) is 0. The standard InChI is InChI=1S/C9H17NO2/c1-8(2)5-10-3-4-12-9(6-10)7-11/h7-9H,3-6H2,1-2H3/t9-/m1/s1. The number of nitrogens with zero attached hydrogens (tertiary/aromatic N) is 1. The van der Waals surface area contributed by atoms with Gasteiger partial charge in [0.05, 0.1) is 6.61 Å². The highest BCUT2D eigenvalue weighted by Gasteiger charge is 2.19. The minimum atomic E-state index is -0.197. The van der Waals surface area contributed by atoms with E-state index in [2.05, 4.69) is 18.7 Å². The molecular weight excluding hydrogens is 154 g/mol. The van der Waals surface area contributed by atoms with Crippen LogP contribution in [0.5, 0.6) is 0 Å². The Hall–Kier alpha value is -0.410. The molecule has 0 amide bonds. The maximum Gasteiger partial charge on any atom is 0.150 e. The van der Waals surface area contributed by atoms with Gasteiger partial charge in [0.2, 0.25) is 0 Å². The Morgan fingerprint density at radius 1 is 1.67 bits per heavy atom. The minimum Gasteiger partial charge on any atom is -0.368 e. The quantitative estimate of drug-likeness (QED) is 0.580. The van der Waals surface area contributed by atoms with Crippen molar-refractivity contribution in [1.82, 2.24) is 4.90 Å². The summed E-state index contributed by atoms with van der Waals surface area (Å²) < 4.78 is 5.23. The molecule has 0 aromatic carbocycles. The second-order valence-electron chi connectivity index (χ2n) is 3.70. The Morgan fingerprint density at radius 2 is 2.42 bits per heavy atom. The van der Waals surface area contributed by atoms with E-state index in [0.29, 0.717) is 12.5 Å². The SMILES string of the molecule is CC(C)CN1CCO[C@@H](C=O)C1. The van der Waals surface area contributed by atoms with Crippen LogP contribution < -0.4 is 0 Å². The summed E-state index contributed by atoms with van der Waals surface area (Å²) in [5, 5.41) is 0. The van der Waals surface area contributed by atoms with Gasteiger partial charge in [-0.3, -0.25) is 4.90 Å². The molecule has 1 aliphatic rings. The minimum absolute atomic E-state index is 0.197. The number of ether oxygens (including phenoxy) is 1. The van der Waals surface area contributed by atoms with E-state index in [1.165, 1.54) is 0 Å². The lowest BCUT2D eigenvalue weighted by Gasteiger charge is -2.31. The summed E-state index contributed by atoms with van der Waals surface area (Å²) >= 11 is 0. The van der Waals surface area contributed by atoms with Gasteiger partial charge in [0.1, 0.15) is 12.4 Å². The fourth-order valence-electron chi connectivity index (χ4n) is 1.50. The third kappa shape index (κ3) is 2.91. The van der Waals surface area contributed by atoms with Crippen molar-refractivity contribution in [2.45, 2.75) is 20.0 Å². The third-order valence-electron chi connectivity index (χ3n) is 1.95. The molecule has 12 heavy (non-hydrogen) atoms. The molecule has 1 aliphatic heterocycles. The van der Waals surface area contributed by atoms with E-state index >= 15 is 0 Å². The molecule has 0 saturated carbocycles. The normalized spacial score (nSPS) is 26.1. The smallest absolute Gasteiger partial charge is 0.150 e. The van der Waals surface area contributed by atoms with E-state index in [0.717, 1.165) is 25.9 Å². The Kier molecular flexibility index (Phi) is 3.69. The summed E-state index contributed by atoms with van der Waals surface area (Å²) in [6.07, 6.45) is 0.699. The number of carbonyl (C=O) groups is 1. The average Bonchev–Trinajstić information content (AvgIpc) is 2.03. The van der Waals surface area contributed by atoms with Crippen LogP contribution in [0.3, 0.4) is 0 Å². The first-order valence-corrected chi connectivity index (χ1v) is 4.51. The van der Waals surface area contributed by atoms with Crippen molar-refractivity contribution in [2.75, 3.05) is 26.2 Å². The van der Waals surface area contributed by atoms with Gasteiger partial charge in [0.15, 0.2) is 0 Å². The lowest BCUT2D eigenvalue weighted by molar-refractivity contribution is -0.123. The average molecular weight is 171 g/mol. The van der Waals surface area contributed by atoms with E-state index in [4.69, 9.17) is 4.74 Å². The molecule has 0 radical (unpaired) electrons. The van der Waals surface area contributed by atoms with Crippen LogP contribution in [0.4, 0.5) is 0 Å². The lowest BCUT2D eigenvalue weighted by atomic mass is 10.2. The highest BCUT2D eigenvalue weighted by Crippen LogP contribution is 2.05. The van der Waals surface area contributed by atoms with Crippen molar-refractivity contribution in [3.63, 3.8) is 0 Å². The molecule has 1 saturated heterocycles. The molecule has 0 N–H and O–H groups in total. The molecule has 1 fully saturated rings. The Balaban J connectivity index is 2.30. The molecule has 0 aliphatic carbocycles.